The number of benzene rings is 1. The molecule has 1 aromatic carbocycles. The zero-order valence-corrected chi connectivity index (χ0v) is 15.1. The Morgan fingerprint density at radius 1 is 1.12 bits per heavy atom. The topological polar surface area (TPSA) is 54.9 Å². The van der Waals surface area contributed by atoms with Gasteiger partial charge in [-0.1, -0.05) is 38.3 Å². The smallest absolute Gasteiger partial charge is 0.231 e. The minimum Gasteiger partial charge on any atom is -0.310 e. The van der Waals surface area contributed by atoms with E-state index in [9.17, 15) is 4.79 Å². The van der Waals surface area contributed by atoms with E-state index >= 15 is 0 Å². The normalized spacial score (nSPS) is 16.7. The molecular formula is C20H21N3OS. The number of amides is 1. The summed E-state index contributed by atoms with van der Waals surface area (Å²) in [5.41, 5.74) is 2.71. The molecule has 4 nitrogen and oxygen atoms in total. The third kappa shape index (κ3) is 3.29. The average molecular weight is 351 g/mol. The predicted molar refractivity (Wildman–Crippen MR) is 103 cm³/mol. The molecule has 1 amide bonds. The highest BCUT2D eigenvalue weighted by Crippen LogP contribution is 2.37. The van der Waals surface area contributed by atoms with Gasteiger partial charge in [-0.2, -0.15) is 0 Å². The lowest BCUT2D eigenvalue weighted by molar-refractivity contribution is -0.126. The molecule has 0 atom stereocenters. The van der Waals surface area contributed by atoms with E-state index < -0.39 is 0 Å². The van der Waals surface area contributed by atoms with Gasteiger partial charge in [0.15, 0.2) is 0 Å². The molecule has 2 heterocycles. The first-order chi connectivity index (χ1) is 12.1. The van der Waals surface area contributed by atoms with Crippen molar-refractivity contribution < 1.29 is 4.79 Å². The molecule has 5 heteroatoms. The summed E-state index contributed by atoms with van der Waals surface area (Å²) in [6, 6.07) is 8.23. The van der Waals surface area contributed by atoms with E-state index in [0.717, 1.165) is 46.9 Å². The van der Waals surface area contributed by atoms with Crippen molar-refractivity contribution in [3.8, 4) is 10.4 Å². The fourth-order valence-electron chi connectivity index (χ4n) is 3.55. The van der Waals surface area contributed by atoms with Crippen molar-refractivity contribution in [1.29, 1.82) is 0 Å². The van der Waals surface area contributed by atoms with E-state index in [1.54, 1.807) is 11.3 Å². The van der Waals surface area contributed by atoms with Crippen LogP contribution in [0.5, 0.6) is 0 Å². The van der Waals surface area contributed by atoms with Crippen LogP contribution in [-0.2, 0) is 4.79 Å². The molecule has 1 aliphatic carbocycles. The Bertz CT molecular complexity index is 898. The van der Waals surface area contributed by atoms with Gasteiger partial charge in [-0.25, -0.2) is 4.98 Å². The van der Waals surface area contributed by atoms with Gasteiger partial charge in [0.25, 0.3) is 0 Å². The van der Waals surface area contributed by atoms with Crippen LogP contribution in [0.4, 0.5) is 5.82 Å². The van der Waals surface area contributed by atoms with Crippen LogP contribution in [0.1, 0.15) is 39.0 Å². The fraction of sp³-hybridized carbons (Fsp3) is 0.350. The van der Waals surface area contributed by atoms with Gasteiger partial charge in [-0.05, 0) is 35.9 Å². The van der Waals surface area contributed by atoms with E-state index in [1.807, 2.05) is 24.0 Å². The second kappa shape index (κ2) is 6.56. The van der Waals surface area contributed by atoms with Gasteiger partial charge in [0.05, 0.1) is 10.4 Å². The number of hydrogen-bond donors (Lipinski definition) is 1. The van der Waals surface area contributed by atoms with Crippen molar-refractivity contribution in [3.63, 3.8) is 0 Å². The summed E-state index contributed by atoms with van der Waals surface area (Å²) in [4.78, 5) is 22.4. The van der Waals surface area contributed by atoms with Crippen LogP contribution in [-0.4, -0.2) is 15.9 Å². The summed E-state index contributed by atoms with van der Waals surface area (Å²) >= 11 is 1.62. The van der Waals surface area contributed by atoms with Crippen molar-refractivity contribution in [2.75, 3.05) is 5.32 Å². The first-order valence-corrected chi connectivity index (χ1v) is 9.62. The Hall–Kier alpha value is -2.27. The number of anilines is 1. The Kier molecular flexibility index (Phi) is 4.25. The van der Waals surface area contributed by atoms with Gasteiger partial charge in [0, 0.05) is 23.2 Å². The molecule has 4 rings (SSSR count). The molecule has 0 spiro atoms. The van der Waals surface area contributed by atoms with E-state index in [2.05, 4.69) is 40.4 Å². The van der Waals surface area contributed by atoms with Crippen LogP contribution in [0.25, 0.3) is 21.2 Å². The molecule has 3 aromatic rings. The number of pyridine rings is 1. The molecule has 0 radical (unpaired) electrons. The molecule has 128 valence electrons. The SMILES string of the molecule is CC1(C(=O)Nc2cc3cc(-c4cncs4)ccc3cn2)CCCCC1. The molecule has 0 unspecified atom stereocenters. The molecule has 1 N–H and O–H groups in total. The van der Waals surface area contributed by atoms with Crippen LogP contribution in [0.3, 0.4) is 0 Å². The Labute approximate surface area is 151 Å². The molecule has 1 saturated carbocycles. The van der Waals surface area contributed by atoms with Gasteiger partial charge in [0.1, 0.15) is 5.82 Å². The number of nitrogens with one attached hydrogen (secondary N) is 1. The van der Waals surface area contributed by atoms with E-state index in [-0.39, 0.29) is 11.3 Å². The van der Waals surface area contributed by atoms with E-state index in [0.29, 0.717) is 5.82 Å². The van der Waals surface area contributed by atoms with E-state index in [4.69, 9.17) is 0 Å². The molecule has 1 fully saturated rings. The highest BCUT2D eigenvalue weighted by Gasteiger charge is 2.34. The lowest BCUT2D eigenvalue weighted by Gasteiger charge is -2.31. The summed E-state index contributed by atoms with van der Waals surface area (Å²) in [5, 5.41) is 5.18. The van der Waals surface area contributed by atoms with Gasteiger partial charge in [-0.3, -0.25) is 9.78 Å². The minimum atomic E-state index is -0.265. The van der Waals surface area contributed by atoms with Crippen LogP contribution < -0.4 is 5.32 Å². The summed E-state index contributed by atoms with van der Waals surface area (Å²) in [7, 11) is 0. The van der Waals surface area contributed by atoms with Crippen molar-refractivity contribution in [3.05, 3.63) is 42.2 Å². The number of carbonyl (C=O) groups excluding carboxylic acids is 1. The number of aromatic nitrogens is 2. The monoisotopic (exact) mass is 351 g/mol. The summed E-state index contributed by atoms with van der Waals surface area (Å²) in [6.45, 7) is 2.07. The van der Waals surface area contributed by atoms with Gasteiger partial charge in [-0.15, -0.1) is 11.3 Å². The lowest BCUT2D eigenvalue weighted by Crippen LogP contribution is -2.35. The number of nitrogens with zero attached hydrogens (tertiary/aromatic N) is 2. The third-order valence-corrected chi connectivity index (χ3v) is 6.01. The number of carbonyl (C=O) groups is 1. The highest BCUT2D eigenvalue weighted by atomic mass is 32.1. The Morgan fingerprint density at radius 2 is 1.96 bits per heavy atom. The van der Waals surface area contributed by atoms with Crippen molar-refractivity contribution >= 4 is 33.8 Å². The summed E-state index contributed by atoms with van der Waals surface area (Å²) < 4.78 is 0. The summed E-state index contributed by atoms with van der Waals surface area (Å²) in [6.07, 6.45) is 9.12. The molecule has 1 aliphatic rings. The molecule has 0 bridgehead atoms. The van der Waals surface area contributed by atoms with Gasteiger partial charge in [0.2, 0.25) is 5.91 Å². The maximum Gasteiger partial charge on any atom is 0.231 e. The molecular weight excluding hydrogens is 330 g/mol. The van der Waals surface area contributed by atoms with Gasteiger partial charge >= 0.3 is 0 Å². The second-order valence-electron chi connectivity index (χ2n) is 7.07. The molecule has 0 saturated heterocycles. The predicted octanol–water partition coefficient (Wildman–Crippen LogP) is 5.27. The fourth-order valence-corrected chi connectivity index (χ4v) is 4.17. The van der Waals surface area contributed by atoms with Crippen LogP contribution >= 0.6 is 11.3 Å². The highest BCUT2D eigenvalue weighted by molar-refractivity contribution is 7.13. The van der Waals surface area contributed by atoms with Crippen molar-refractivity contribution in [2.45, 2.75) is 39.0 Å². The first kappa shape index (κ1) is 16.2. The number of rotatable bonds is 3. The lowest BCUT2D eigenvalue weighted by atomic mass is 9.75. The Morgan fingerprint density at radius 3 is 2.72 bits per heavy atom. The number of fused-ring (bicyclic) bond motifs is 1. The maximum absolute atomic E-state index is 12.7. The largest absolute Gasteiger partial charge is 0.310 e. The molecule has 25 heavy (non-hydrogen) atoms. The third-order valence-electron chi connectivity index (χ3n) is 5.19. The quantitative estimate of drug-likeness (QED) is 0.699. The zero-order valence-electron chi connectivity index (χ0n) is 14.3. The van der Waals surface area contributed by atoms with E-state index in [1.165, 1.54) is 6.42 Å². The number of thiazole rings is 1. The maximum atomic E-state index is 12.7. The zero-order chi connectivity index (χ0) is 17.3. The summed E-state index contributed by atoms with van der Waals surface area (Å²) in [5.74, 6) is 0.725. The van der Waals surface area contributed by atoms with Crippen LogP contribution in [0.2, 0.25) is 0 Å². The standard InChI is InChI=1S/C20H21N3OS/c1-20(7-3-2-4-8-20)19(24)23-18-10-16-9-14(17-12-21-13-25-17)5-6-15(16)11-22-18/h5-6,9-13H,2-4,7-8H2,1H3,(H,22,23,24). The van der Waals surface area contributed by atoms with Crippen molar-refractivity contribution in [1.82, 2.24) is 9.97 Å². The second-order valence-corrected chi connectivity index (χ2v) is 7.96. The average Bonchev–Trinajstić information content (AvgIpc) is 3.16. The minimum absolute atomic E-state index is 0.0951. The van der Waals surface area contributed by atoms with Crippen LogP contribution in [0, 0.1) is 5.41 Å². The Balaban J connectivity index is 1.60. The molecule has 2 aromatic heterocycles. The number of hydrogen-bond acceptors (Lipinski definition) is 4. The molecule has 0 aliphatic heterocycles. The first-order valence-electron chi connectivity index (χ1n) is 8.74. The van der Waals surface area contributed by atoms with Crippen LogP contribution in [0.15, 0.2) is 42.2 Å². The van der Waals surface area contributed by atoms with Gasteiger partial charge < -0.3 is 5.32 Å². The van der Waals surface area contributed by atoms with Crippen molar-refractivity contribution in [2.24, 2.45) is 5.41 Å².